The Balaban J connectivity index is 2.24. The van der Waals surface area contributed by atoms with Gasteiger partial charge >= 0.3 is 6.09 Å². The number of nitrogens with one attached hydrogen (secondary N) is 1. The van der Waals surface area contributed by atoms with E-state index in [4.69, 9.17) is 5.11 Å². The van der Waals surface area contributed by atoms with Gasteiger partial charge in [0.05, 0.1) is 5.69 Å². The van der Waals surface area contributed by atoms with Gasteiger partial charge in [-0.3, -0.25) is 5.32 Å². The smallest absolute Gasteiger partial charge is 0.409 e. The molecule has 0 heterocycles. The summed E-state index contributed by atoms with van der Waals surface area (Å²) < 4.78 is 0. The maximum Gasteiger partial charge on any atom is 0.409 e. The molecule has 2 N–H and O–H groups in total. The van der Waals surface area contributed by atoms with E-state index in [0.717, 1.165) is 22.3 Å². The van der Waals surface area contributed by atoms with Crippen molar-refractivity contribution < 1.29 is 9.90 Å². The fraction of sp³-hybridized carbons (Fsp3) is 0. The minimum atomic E-state index is -1.07. The van der Waals surface area contributed by atoms with Crippen LogP contribution >= 0.6 is 0 Å². The molecule has 108 valence electrons. The summed E-state index contributed by atoms with van der Waals surface area (Å²) in [4.78, 5) is 11.1. The molecule has 3 aromatic rings. The zero-order valence-corrected chi connectivity index (χ0v) is 11.9. The summed E-state index contributed by atoms with van der Waals surface area (Å²) in [5, 5.41) is 11.6. The molecule has 3 aromatic carbocycles. The maximum atomic E-state index is 11.1. The van der Waals surface area contributed by atoms with Gasteiger partial charge in [0.1, 0.15) is 0 Å². The fourth-order valence-corrected chi connectivity index (χ4v) is 2.55. The number of amides is 1. The molecule has 0 saturated carbocycles. The molecule has 0 fully saturated rings. The first-order valence-electron chi connectivity index (χ1n) is 6.99. The standard InChI is InChI=1S/C19H15NO2/c21-19(22)20-17-13-7-12-16(14-8-3-1-4-9-14)18(17)15-10-5-2-6-11-15/h1-13,20H,(H,21,22). The lowest BCUT2D eigenvalue weighted by Crippen LogP contribution is -2.08. The zero-order valence-electron chi connectivity index (χ0n) is 11.9. The number of hydrogen-bond acceptors (Lipinski definition) is 1. The van der Waals surface area contributed by atoms with E-state index in [-0.39, 0.29) is 0 Å². The number of carbonyl (C=O) groups is 1. The molecule has 0 aliphatic carbocycles. The number of anilines is 1. The van der Waals surface area contributed by atoms with Crippen LogP contribution in [0.5, 0.6) is 0 Å². The van der Waals surface area contributed by atoms with Gasteiger partial charge in [-0.25, -0.2) is 4.79 Å². The minimum Gasteiger partial charge on any atom is -0.465 e. The van der Waals surface area contributed by atoms with E-state index in [2.05, 4.69) is 5.32 Å². The van der Waals surface area contributed by atoms with Gasteiger partial charge in [0.2, 0.25) is 0 Å². The van der Waals surface area contributed by atoms with Crippen LogP contribution in [-0.2, 0) is 0 Å². The molecule has 0 atom stereocenters. The summed E-state index contributed by atoms with van der Waals surface area (Å²) in [6.07, 6.45) is -1.07. The van der Waals surface area contributed by atoms with Gasteiger partial charge in [-0.15, -0.1) is 0 Å². The van der Waals surface area contributed by atoms with Crippen molar-refractivity contribution in [1.82, 2.24) is 0 Å². The van der Waals surface area contributed by atoms with Crippen LogP contribution in [-0.4, -0.2) is 11.2 Å². The minimum absolute atomic E-state index is 0.583. The summed E-state index contributed by atoms with van der Waals surface area (Å²) in [5.74, 6) is 0. The second-order valence-corrected chi connectivity index (χ2v) is 4.89. The number of benzene rings is 3. The molecule has 0 aromatic heterocycles. The normalized spacial score (nSPS) is 10.2. The molecule has 3 rings (SSSR count). The third-order valence-electron chi connectivity index (χ3n) is 3.45. The van der Waals surface area contributed by atoms with Crippen molar-refractivity contribution in [2.75, 3.05) is 5.32 Å². The number of hydrogen-bond donors (Lipinski definition) is 2. The van der Waals surface area contributed by atoms with Gasteiger partial charge < -0.3 is 5.11 Å². The van der Waals surface area contributed by atoms with Gasteiger partial charge in [-0.2, -0.15) is 0 Å². The monoisotopic (exact) mass is 289 g/mol. The van der Waals surface area contributed by atoms with E-state index < -0.39 is 6.09 Å². The highest BCUT2D eigenvalue weighted by Gasteiger charge is 2.13. The van der Waals surface area contributed by atoms with Gasteiger partial charge in [-0.1, -0.05) is 72.8 Å². The van der Waals surface area contributed by atoms with Crippen LogP contribution in [0.4, 0.5) is 10.5 Å². The molecule has 3 nitrogen and oxygen atoms in total. The Labute approximate surface area is 128 Å². The highest BCUT2D eigenvalue weighted by atomic mass is 16.4. The van der Waals surface area contributed by atoms with Crippen LogP contribution in [0.3, 0.4) is 0 Å². The summed E-state index contributed by atoms with van der Waals surface area (Å²) >= 11 is 0. The largest absolute Gasteiger partial charge is 0.465 e. The average Bonchev–Trinajstić information content (AvgIpc) is 2.56. The zero-order chi connectivity index (χ0) is 15.4. The van der Waals surface area contributed by atoms with E-state index in [9.17, 15) is 4.79 Å². The molecule has 0 bridgehead atoms. The van der Waals surface area contributed by atoms with E-state index >= 15 is 0 Å². The van der Waals surface area contributed by atoms with E-state index in [0.29, 0.717) is 5.69 Å². The summed E-state index contributed by atoms with van der Waals surface area (Å²) in [6.45, 7) is 0. The molecular weight excluding hydrogens is 274 g/mol. The van der Waals surface area contributed by atoms with Crippen LogP contribution in [0.25, 0.3) is 22.3 Å². The summed E-state index contributed by atoms with van der Waals surface area (Å²) in [5.41, 5.74) is 4.50. The van der Waals surface area contributed by atoms with Crippen LogP contribution in [0.15, 0.2) is 78.9 Å². The van der Waals surface area contributed by atoms with Crippen molar-refractivity contribution in [2.24, 2.45) is 0 Å². The summed E-state index contributed by atoms with van der Waals surface area (Å²) in [6, 6.07) is 25.4. The Morgan fingerprint density at radius 3 is 1.91 bits per heavy atom. The SMILES string of the molecule is O=C(O)Nc1cccc(-c2ccccc2)c1-c1ccccc1. The molecule has 3 heteroatoms. The van der Waals surface area contributed by atoms with Gasteiger partial charge in [0.25, 0.3) is 0 Å². The Morgan fingerprint density at radius 1 is 0.727 bits per heavy atom. The fourth-order valence-electron chi connectivity index (χ4n) is 2.55. The van der Waals surface area contributed by atoms with Crippen molar-refractivity contribution in [3.05, 3.63) is 78.9 Å². The number of carboxylic acid groups (broad SMARTS) is 1. The molecular formula is C19H15NO2. The third kappa shape index (κ3) is 2.83. The molecule has 0 radical (unpaired) electrons. The highest BCUT2D eigenvalue weighted by Crippen LogP contribution is 2.37. The van der Waals surface area contributed by atoms with Crippen molar-refractivity contribution in [2.45, 2.75) is 0 Å². The van der Waals surface area contributed by atoms with Crippen LogP contribution in [0, 0.1) is 0 Å². The highest BCUT2D eigenvalue weighted by molar-refractivity contribution is 5.97. The first-order valence-corrected chi connectivity index (χ1v) is 6.99. The Bertz CT molecular complexity index is 783. The quantitative estimate of drug-likeness (QED) is 0.703. The average molecular weight is 289 g/mol. The maximum absolute atomic E-state index is 11.1. The topological polar surface area (TPSA) is 49.3 Å². The van der Waals surface area contributed by atoms with Crippen molar-refractivity contribution in [1.29, 1.82) is 0 Å². The predicted octanol–water partition coefficient (Wildman–Crippen LogP) is 5.11. The Kier molecular flexibility index (Phi) is 3.88. The molecule has 0 saturated heterocycles. The van der Waals surface area contributed by atoms with Gasteiger partial charge in [-0.05, 0) is 22.8 Å². The van der Waals surface area contributed by atoms with E-state index in [1.807, 2.05) is 72.8 Å². The third-order valence-corrected chi connectivity index (χ3v) is 3.45. The lowest BCUT2D eigenvalue weighted by molar-refractivity contribution is 0.210. The Morgan fingerprint density at radius 2 is 1.32 bits per heavy atom. The van der Waals surface area contributed by atoms with Crippen LogP contribution in [0.2, 0.25) is 0 Å². The lowest BCUT2D eigenvalue weighted by Gasteiger charge is -2.15. The van der Waals surface area contributed by atoms with Crippen molar-refractivity contribution in [3.63, 3.8) is 0 Å². The molecule has 22 heavy (non-hydrogen) atoms. The molecule has 1 amide bonds. The second kappa shape index (κ2) is 6.14. The molecule has 0 aliphatic rings. The Hall–Kier alpha value is -3.07. The van der Waals surface area contributed by atoms with E-state index in [1.165, 1.54) is 0 Å². The molecule has 0 spiro atoms. The van der Waals surface area contributed by atoms with E-state index in [1.54, 1.807) is 6.07 Å². The van der Waals surface area contributed by atoms with Crippen LogP contribution in [0.1, 0.15) is 0 Å². The van der Waals surface area contributed by atoms with Crippen LogP contribution < -0.4 is 5.32 Å². The number of rotatable bonds is 3. The van der Waals surface area contributed by atoms with Gasteiger partial charge in [0, 0.05) is 5.56 Å². The second-order valence-electron chi connectivity index (χ2n) is 4.89. The predicted molar refractivity (Wildman–Crippen MR) is 89.0 cm³/mol. The lowest BCUT2D eigenvalue weighted by atomic mass is 9.93. The van der Waals surface area contributed by atoms with Crippen molar-refractivity contribution in [3.8, 4) is 22.3 Å². The van der Waals surface area contributed by atoms with Gasteiger partial charge in [0.15, 0.2) is 0 Å². The first-order chi connectivity index (χ1) is 10.8. The molecule has 0 aliphatic heterocycles. The molecule has 0 unspecified atom stereocenters. The van der Waals surface area contributed by atoms with Crippen molar-refractivity contribution >= 4 is 11.8 Å². The summed E-state index contributed by atoms with van der Waals surface area (Å²) in [7, 11) is 0. The first kappa shape index (κ1) is 13.9.